The number of likely N-dealkylation sites (N-methyl/N-ethyl adjacent to an activating group) is 1. The van der Waals surface area contributed by atoms with E-state index in [1.165, 1.54) is 11.8 Å². The number of nitrogens with zero attached hydrogens (tertiary/aromatic N) is 3. The van der Waals surface area contributed by atoms with Crippen molar-refractivity contribution in [2.75, 3.05) is 13.1 Å². The standard InChI is InChI=1S/C21H24ClN3OS/c1-6-23-21-24(7-2)20(26)19(27-21)12-16-11-13(3)25(15(16)5)18-10-8-9-17(22)14(18)4/h8-12H,6-7H2,1-5H3/b19-12-,23-21?. The zero-order chi connectivity index (χ0) is 19.7. The summed E-state index contributed by atoms with van der Waals surface area (Å²) in [7, 11) is 0. The molecule has 2 heterocycles. The molecule has 0 atom stereocenters. The highest BCUT2D eigenvalue weighted by Gasteiger charge is 2.32. The van der Waals surface area contributed by atoms with E-state index in [1.54, 1.807) is 4.90 Å². The lowest BCUT2D eigenvalue weighted by Crippen LogP contribution is -2.28. The third-order valence-corrected chi connectivity index (χ3v) is 6.19. The molecule has 2 aromatic rings. The van der Waals surface area contributed by atoms with E-state index in [2.05, 4.69) is 35.5 Å². The maximum absolute atomic E-state index is 12.7. The van der Waals surface area contributed by atoms with Gasteiger partial charge in [-0.2, -0.15) is 0 Å². The summed E-state index contributed by atoms with van der Waals surface area (Å²) >= 11 is 7.77. The Morgan fingerprint density at radius 1 is 1.22 bits per heavy atom. The Balaban J connectivity index is 2.05. The summed E-state index contributed by atoms with van der Waals surface area (Å²) in [5, 5.41) is 1.54. The van der Waals surface area contributed by atoms with Gasteiger partial charge >= 0.3 is 0 Å². The fraction of sp³-hybridized carbons (Fsp3) is 0.333. The molecule has 0 N–H and O–H groups in total. The minimum absolute atomic E-state index is 0.0263. The molecule has 0 aliphatic carbocycles. The van der Waals surface area contributed by atoms with Gasteiger partial charge in [-0.15, -0.1) is 0 Å². The number of hydrogen-bond donors (Lipinski definition) is 0. The smallest absolute Gasteiger partial charge is 0.266 e. The van der Waals surface area contributed by atoms with E-state index in [0.29, 0.717) is 18.0 Å². The molecule has 4 nitrogen and oxygen atoms in total. The normalized spacial score (nSPS) is 17.6. The number of aryl methyl sites for hydroxylation is 1. The Morgan fingerprint density at radius 3 is 2.63 bits per heavy atom. The summed E-state index contributed by atoms with van der Waals surface area (Å²) in [6.45, 7) is 11.4. The Kier molecular flexibility index (Phi) is 5.82. The van der Waals surface area contributed by atoms with Gasteiger partial charge in [0.2, 0.25) is 0 Å². The molecule has 1 aliphatic rings. The van der Waals surface area contributed by atoms with Crippen molar-refractivity contribution in [1.29, 1.82) is 0 Å². The summed E-state index contributed by atoms with van der Waals surface area (Å²) in [5.41, 5.74) is 5.34. The number of halogens is 1. The van der Waals surface area contributed by atoms with Crippen LogP contribution in [0.25, 0.3) is 11.8 Å². The van der Waals surface area contributed by atoms with Crippen LogP contribution in [0.15, 0.2) is 34.2 Å². The van der Waals surface area contributed by atoms with Crippen LogP contribution >= 0.6 is 23.4 Å². The topological polar surface area (TPSA) is 37.6 Å². The molecule has 0 bridgehead atoms. The van der Waals surface area contributed by atoms with Gasteiger partial charge in [0.15, 0.2) is 5.17 Å². The zero-order valence-corrected chi connectivity index (χ0v) is 17.9. The highest BCUT2D eigenvalue weighted by atomic mass is 35.5. The average Bonchev–Trinajstić information content (AvgIpc) is 3.07. The molecule has 0 radical (unpaired) electrons. The van der Waals surface area contributed by atoms with Crippen molar-refractivity contribution >= 4 is 40.5 Å². The van der Waals surface area contributed by atoms with Gasteiger partial charge in [0.05, 0.1) is 4.91 Å². The number of thioether (sulfide) groups is 1. The number of aromatic nitrogens is 1. The van der Waals surface area contributed by atoms with Crippen molar-refractivity contribution in [2.45, 2.75) is 34.6 Å². The van der Waals surface area contributed by atoms with Crippen LogP contribution in [0.1, 0.15) is 36.4 Å². The van der Waals surface area contributed by atoms with Crippen molar-refractivity contribution in [3.63, 3.8) is 0 Å². The second-order valence-electron chi connectivity index (χ2n) is 6.46. The molecule has 0 saturated carbocycles. The molecule has 1 aromatic heterocycles. The monoisotopic (exact) mass is 401 g/mol. The van der Waals surface area contributed by atoms with Crippen molar-refractivity contribution in [3.05, 3.63) is 56.7 Å². The summed E-state index contributed by atoms with van der Waals surface area (Å²) in [5.74, 6) is 0.0263. The van der Waals surface area contributed by atoms with Gasteiger partial charge in [0.25, 0.3) is 5.91 Å². The lowest BCUT2D eigenvalue weighted by molar-refractivity contribution is -0.122. The number of amides is 1. The van der Waals surface area contributed by atoms with Gasteiger partial charge < -0.3 is 4.57 Å². The van der Waals surface area contributed by atoms with Gasteiger partial charge in [-0.25, -0.2) is 0 Å². The summed E-state index contributed by atoms with van der Waals surface area (Å²) in [6.07, 6.45) is 1.98. The third kappa shape index (κ3) is 3.58. The van der Waals surface area contributed by atoms with Gasteiger partial charge in [-0.1, -0.05) is 17.7 Å². The number of carbonyl (C=O) groups is 1. The summed E-state index contributed by atoms with van der Waals surface area (Å²) in [6, 6.07) is 8.05. The number of rotatable bonds is 4. The fourth-order valence-corrected chi connectivity index (χ4v) is 4.59. The van der Waals surface area contributed by atoms with Gasteiger partial charge in [0.1, 0.15) is 0 Å². The van der Waals surface area contributed by atoms with Crippen LogP contribution in [0.5, 0.6) is 0 Å². The SMILES string of the molecule is CCN=C1S/C(=C\c2cc(C)n(-c3cccc(Cl)c3C)c2C)C(=O)N1CC. The first-order valence-corrected chi connectivity index (χ1v) is 10.3. The van der Waals surface area contributed by atoms with Crippen molar-refractivity contribution in [1.82, 2.24) is 9.47 Å². The van der Waals surface area contributed by atoms with Crippen molar-refractivity contribution < 1.29 is 4.79 Å². The Labute approximate surface area is 169 Å². The highest BCUT2D eigenvalue weighted by molar-refractivity contribution is 8.18. The number of carbonyl (C=O) groups excluding carboxylic acids is 1. The second kappa shape index (κ2) is 7.95. The molecule has 6 heteroatoms. The predicted octanol–water partition coefficient (Wildman–Crippen LogP) is 5.37. The van der Waals surface area contributed by atoms with Gasteiger partial charge in [-0.05, 0) is 81.8 Å². The van der Waals surface area contributed by atoms with E-state index >= 15 is 0 Å². The first-order valence-electron chi connectivity index (χ1n) is 9.09. The van der Waals surface area contributed by atoms with Crippen LogP contribution in [-0.4, -0.2) is 33.6 Å². The molecule has 0 unspecified atom stereocenters. The zero-order valence-electron chi connectivity index (χ0n) is 16.3. The molecule has 0 spiro atoms. The first-order chi connectivity index (χ1) is 12.9. The van der Waals surface area contributed by atoms with Crippen LogP contribution in [0.2, 0.25) is 5.02 Å². The maximum Gasteiger partial charge on any atom is 0.266 e. The summed E-state index contributed by atoms with van der Waals surface area (Å²) < 4.78 is 2.19. The quantitative estimate of drug-likeness (QED) is 0.646. The van der Waals surface area contributed by atoms with E-state index < -0.39 is 0 Å². The van der Waals surface area contributed by atoms with Gasteiger partial charge in [-0.3, -0.25) is 14.7 Å². The Hall–Kier alpha value is -1.98. The van der Waals surface area contributed by atoms with E-state index in [0.717, 1.165) is 38.4 Å². The molecular weight excluding hydrogens is 378 g/mol. The molecule has 27 heavy (non-hydrogen) atoms. The van der Waals surface area contributed by atoms with Crippen LogP contribution in [0, 0.1) is 20.8 Å². The van der Waals surface area contributed by atoms with Crippen LogP contribution in [0.3, 0.4) is 0 Å². The first kappa shape index (κ1) is 19.8. The molecule has 142 valence electrons. The van der Waals surface area contributed by atoms with Crippen molar-refractivity contribution in [3.8, 4) is 5.69 Å². The highest BCUT2D eigenvalue weighted by Crippen LogP contribution is 2.34. The van der Waals surface area contributed by atoms with E-state index in [-0.39, 0.29) is 5.91 Å². The van der Waals surface area contributed by atoms with Gasteiger partial charge in [0, 0.05) is 35.2 Å². The van der Waals surface area contributed by atoms with Crippen molar-refractivity contribution in [2.24, 2.45) is 4.99 Å². The molecule has 3 rings (SSSR count). The second-order valence-corrected chi connectivity index (χ2v) is 7.88. The third-order valence-electron chi connectivity index (χ3n) is 4.73. The van der Waals surface area contributed by atoms with E-state index in [9.17, 15) is 4.79 Å². The predicted molar refractivity (Wildman–Crippen MR) is 116 cm³/mol. The molecule has 1 aromatic carbocycles. The lowest BCUT2D eigenvalue weighted by atomic mass is 10.2. The van der Waals surface area contributed by atoms with Crippen LogP contribution in [0.4, 0.5) is 0 Å². The lowest BCUT2D eigenvalue weighted by Gasteiger charge is -2.13. The molecular formula is C21H24ClN3OS. The largest absolute Gasteiger partial charge is 0.318 e. The average molecular weight is 402 g/mol. The maximum atomic E-state index is 12.7. The van der Waals surface area contributed by atoms with E-state index in [4.69, 9.17) is 11.6 Å². The molecule has 1 amide bonds. The number of benzene rings is 1. The molecule has 1 saturated heterocycles. The fourth-order valence-electron chi connectivity index (χ4n) is 3.32. The number of aliphatic imine (C=N–C) groups is 1. The number of amidine groups is 1. The summed E-state index contributed by atoms with van der Waals surface area (Å²) in [4.78, 5) is 19.6. The Bertz CT molecular complexity index is 959. The Morgan fingerprint density at radius 2 is 1.96 bits per heavy atom. The molecule has 1 aliphatic heterocycles. The van der Waals surface area contributed by atoms with E-state index in [1.807, 2.05) is 39.0 Å². The minimum atomic E-state index is 0.0263. The van der Waals surface area contributed by atoms with Crippen LogP contribution < -0.4 is 0 Å². The van der Waals surface area contributed by atoms with Crippen LogP contribution in [-0.2, 0) is 4.79 Å². The number of hydrogen-bond acceptors (Lipinski definition) is 3. The molecule has 1 fully saturated rings. The minimum Gasteiger partial charge on any atom is -0.318 e.